The molecule has 0 aliphatic carbocycles. The normalized spacial score (nSPS) is 18.9. The molecule has 204 valence electrons. The minimum Gasteiger partial charge on any atom is -0.487 e. The number of nitrogens with one attached hydrogen (secondary N) is 1. The van der Waals surface area contributed by atoms with Crippen molar-refractivity contribution in [3.63, 3.8) is 0 Å². The number of carbonyl (C=O) groups is 1. The van der Waals surface area contributed by atoms with Crippen LogP contribution < -0.4 is 10.1 Å². The van der Waals surface area contributed by atoms with Crippen LogP contribution in [0.25, 0.3) is 11.1 Å². The first kappa shape index (κ1) is 26.1. The summed E-state index contributed by atoms with van der Waals surface area (Å²) < 4.78 is 39.5. The van der Waals surface area contributed by atoms with Gasteiger partial charge >= 0.3 is 6.03 Å². The molecular weight excluding hydrogens is 538 g/mol. The van der Waals surface area contributed by atoms with Crippen LogP contribution in [-0.4, -0.2) is 68.6 Å². The largest absolute Gasteiger partial charge is 0.487 e. The third-order valence-electron chi connectivity index (χ3n) is 7.73. The number of rotatable bonds is 4. The summed E-state index contributed by atoms with van der Waals surface area (Å²) in [6.45, 7) is 3.11. The highest BCUT2D eigenvalue weighted by molar-refractivity contribution is 7.89. The molecule has 2 fully saturated rings. The van der Waals surface area contributed by atoms with Gasteiger partial charge in [-0.3, -0.25) is 0 Å². The van der Waals surface area contributed by atoms with Crippen molar-refractivity contribution in [1.29, 1.82) is 0 Å². The third kappa shape index (κ3) is 5.36. The second kappa shape index (κ2) is 10.5. The van der Waals surface area contributed by atoms with E-state index in [0.29, 0.717) is 57.3 Å². The molecule has 0 atom stereocenters. The minimum atomic E-state index is -3.60. The van der Waals surface area contributed by atoms with Gasteiger partial charge in [-0.25, -0.2) is 13.2 Å². The molecule has 2 amide bonds. The topological polar surface area (TPSA) is 88.2 Å². The summed E-state index contributed by atoms with van der Waals surface area (Å²) in [5, 5.41) is 3.36. The zero-order valence-electron chi connectivity index (χ0n) is 21.4. The Bertz CT molecular complexity index is 1480. The summed E-state index contributed by atoms with van der Waals surface area (Å²) in [6, 6.07) is 20.3. The fraction of sp³-hybridized carbons (Fsp3) is 0.345. The van der Waals surface area contributed by atoms with Crippen molar-refractivity contribution < 1.29 is 22.7 Å². The molecule has 0 saturated carbocycles. The first-order chi connectivity index (χ1) is 18.8. The number of hydrogen-bond donors (Lipinski definition) is 1. The van der Waals surface area contributed by atoms with Crippen molar-refractivity contribution in [3.8, 4) is 16.9 Å². The predicted molar refractivity (Wildman–Crippen MR) is 150 cm³/mol. The Balaban J connectivity index is 1.10. The van der Waals surface area contributed by atoms with E-state index in [1.165, 1.54) is 10.4 Å². The zero-order chi connectivity index (χ0) is 27.0. The number of carbonyl (C=O) groups excluding carboxylic acids is 1. The smallest absolute Gasteiger partial charge is 0.321 e. The fourth-order valence-electron chi connectivity index (χ4n) is 5.52. The minimum absolute atomic E-state index is 0.113. The van der Waals surface area contributed by atoms with E-state index in [-0.39, 0.29) is 10.9 Å². The molecule has 10 heteroatoms. The molecule has 3 aliphatic rings. The number of amides is 2. The van der Waals surface area contributed by atoms with Gasteiger partial charge in [-0.1, -0.05) is 35.9 Å². The number of fused-ring (bicyclic) bond motifs is 1. The maximum Gasteiger partial charge on any atom is 0.321 e. The van der Waals surface area contributed by atoms with E-state index in [0.717, 1.165) is 34.5 Å². The van der Waals surface area contributed by atoms with E-state index in [1.807, 2.05) is 36.4 Å². The Morgan fingerprint density at radius 3 is 2.33 bits per heavy atom. The van der Waals surface area contributed by atoms with Crippen molar-refractivity contribution >= 4 is 33.3 Å². The Morgan fingerprint density at radius 2 is 1.62 bits per heavy atom. The molecule has 0 bridgehead atoms. The lowest BCUT2D eigenvalue weighted by Gasteiger charge is -2.38. The van der Waals surface area contributed by atoms with E-state index in [2.05, 4.69) is 11.4 Å². The summed E-state index contributed by atoms with van der Waals surface area (Å²) in [5.41, 5.74) is 3.60. The molecule has 8 nitrogen and oxygen atoms in total. The van der Waals surface area contributed by atoms with Crippen LogP contribution in [-0.2, 0) is 21.2 Å². The molecule has 0 unspecified atom stereocenters. The van der Waals surface area contributed by atoms with Crippen LogP contribution in [0, 0.1) is 0 Å². The molecule has 3 heterocycles. The first-order valence-corrected chi connectivity index (χ1v) is 15.0. The van der Waals surface area contributed by atoms with Gasteiger partial charge in [-0.2, -0.15) is 4.31 Å². The van der Waals surface area contributed by atoms with Crippen LogP contribution >= 0.6 is 11.6 Å². The van der Waals surface area contributed by atoms with Crippen molar-refractivity contribution in [2.45, 2.75) is 29.8 Å². The Kier molecular flexibility index (Phi) is 7.01. The average molecular weight is 568 g/mol. The number of ether oxygens (including phenoxy) is 2. The molecule has 3 aliphatic heterocycles. The van der Waals surface area contributed by atoms with Crippen molar-refractivity contribution in [3.05, 3.63) is 77.3 Å². The number of sulfonamides is 1. The predicted octanol–water partition coefficient (Wildman–Crippen LogP) is 5.03. The number of piperidine rings is 1. The fourth-order valence-corrected chi connectivity index (χ4v) is 7.26. The number of urea groups is 1. The van der Waals surface area contributed by atoms with Crippen LogP contribution in [0.1, 0.15) is 18.4 Å². The van der Waals surface area contributed by atoms with Gasteiger partial charge in [0.1, 0.15) is 11.4 Å². The van der Waals surface area contributed by atoms with Crippen LogP contribution in [0.5, 0.6) is 5.75 Å². The summed E-state index contributed by atoms with van der Waals surface area (Å²) in [7, 11) is -3.60. The zero-order valence-corrected chi connectivity index (χ0v) is 23.0. The summed E-state index contributed by atoms with van der Waals surface area (Å²) in [4.78, 5) is 14.4. The molecule has 0 radical (unpaired) electrons. The van der Waals surface area contributed by atoms with E-state index in [1.54, 1.807) is 23.1 Å². The van der Waals surface area contributed by atoms with Gasteiger partial charge in [0.15, 0.2) is 0 Å². The van der Waals surface area contributed by atoms with Crippen molar-refractivity contribution in [1.82, 2.24) is 9.21 Å². The lowest BCUT2D eigenvalue weighted by atomic mass is 9.87. The highest BCUT2D eigenvalue weighted by Gasteiger charge is 2.44. The highest BCUT2D eigenvalue weighted by Crippen LogP contribution is 2.43. The van der Waals surface area contributed by atoms with E-state index >= 15 is 0 Å². The molecular formula is C29H30ClN3O5S. The van der Waals surface area contributed by atoms with E-state index < -0.39 is 15.6 Å². The Labute approximate surface area is 233 Å². The molecule has 0 aromatic heterocycles. The van der Waals surface area contributed by atoms with Crippen LogP contribution in [0.2, 0.25) is 5.02 Å². The maximum atomic E-state index is 13.1. The Hall–Kier alpha value is -3.11. The van der Waals surface area contributed by atoms with Gasteiger partial charge < -0.3 is 19.7 Å². The summed E-state index contributed by atoms with van der Waals surface area (Å²) >= 11 is 6.03. The SMILES string of the molecule is O=C(Nc1ccc(-c2ccc3c(c2)CC2(CCN(S(=O)(=O)c4cccc(Cl)c4)CC2)O3)cc1)N1CCOCC1. The molecule has 6 rings (SSSR count). The standard InChI is InChI=1S/C29H30ClN3O5S/c30-24-2-1-3-26(19-24)39(35,36)33-12-10-29(11-13-33)20-23-18-22(6-9-27(23)38-29)21-4-7-25(8-5-21)31-28(34)32-14-16-37-17-15-32/h1-9,18-19H,10-17,20H2,(H,31,34). The number of anilines is 1. The average Bonchev–Trinajstić information content (AvgIpc) is 3.30. The highest BCUT2D eigenvalue weighted by atomic mass is 35.5. The molecule has 1 spiro atoms. The number of morpholine rings is 1. The molecule has 2 saturated heterocycles. The lowest BCUT2D eigenvalue weighted by Crippen LogP contribution is -2.49. The van der Waals surface area contributed by atoms with Gasteiger partial charge in [-0.15, -0.1) is 0 Å². The molecule has 39 heavy (non-hydrogen) atoms. The van der Waals surface area contributed by atoms with Crippen molar-refractivity contribution in [2.75, 3.05) is 44.7 Å². The van der Waals surface area contributed by atoms with Crippen LogP contribution in [0.4, 0.5) is 10.5 Å². The Morgan fingerprint density at radius 1 is 0.897 bits per heavy atom. The monoisotopic (exact) mass is 567 g/mol. The number of hydrogen-bond acceptors (Lipinski definition) is 5. The van der Waals surface area contributed by atoms with Gasteiger partial charge in [0.05, 0.1) is 18.1 Å². The lowest BCUT2D eigenvalue weighted by molar-refractivity contribution is 0.0407. The summed E-state index contributed by atoms with van der Waals surface area (Å²) in [6.07, 6.45) is 1.98. The number of halogens is 1. The summed E-state index contributed by atoms with van der Waals surface area (Å²) in [5.74, 6) is 0.860. The maximum absolute atomic E-state index is 13.1. The van der Waals surface area contributed by atoms with Crippen molar-refractivity contribution in [2.24, 2.45) is 0 Å². The van der Waals surface area contributed by atoms with E-state index in [9.17, 15) is 13.2 Å². The molecule has 1 N–H and O–H groups in total. The quantitative estimate of drug-likeness (QED) is 0.478. The number of nitrogens with zero attached hydrogens (tertiary/aromatic N) is 2. The number of benzene rings is 3. The molecule has 3 aromatic rings. The molecule has 3 aromatic carbocycles. The van der Waals surface area contributed by atoms with Crippen LogP contribution in [0.15, 0.2) is 71.6 Å². The third-order valence-corrected chi connectivity index (χ3v) is 9.86. The van der Waals surface area contributed by atoms with Crippen LogP contribution in [0.3, 0.4) is 0 Å². The van der Waals surface area contributed by atoms with Gasteiger partial charge in [-0.05, 0) is 59.2 Å². The first-order valence-electron chi connectivity index (χ1n) is 13.1. The second-order valence-electron chi connectivity index (χ2n) is 10.3. The van der Waals surface area contributed by atoms with Gasteiger partial charge in [0.2, 0.25) is 10.0 Å². The van der Waals surface area contributed by atoms with Gasteiger partial charge in [0, 0.05) is 56.2 Å². The van der Waals surface area contributed by atoms with E-state index in [4.69, 9.17) is 21.1 Å². The van der Waals surface area contributed by atoms with Gasteiger partial charge in [0.25, 0.3) is 0 Å². The second-order valence-corrected chi connectivity index (χ2v) is 12.6.